The molecular formula is C18H22O2S2. The molecule has 0 atom stereocenters. The molecule has 2 rings (SSSR count). The molecule has 1 aromatic rings. The van der Waals surface area contributed by atoms with Crippen molar-refractivity contribution in [2.24, 2.45) is 11.8 Å². The molecule has 1 saturated heterocycles. The molecule has 0 amide bonds. The number of rotatable bonds is 3. The lowest BCUT2D eigenvalue weighted by Crippen LogP contribution is -2.19. The monoisotopic (exact) mass is 334 g/mol. The number of ether oxygens (including phenoxy) is 1. The highest BCUT2D eigenvalue weighted by Crippen LogP contribution is 2.46. The molecule has 0 saturated carbocycles. The second kappa shape index (κ2) is 8.55. The molecule has 1 aliphatic heterocycles. The summed E-state index contributed by atoms with van der Waals surface area (Å²) in [4.78, 5) is 10.6. The first-order valence-corrected chi connectivity index (χ1v) is 9.61. The van der Waals surface area contributed by atoms with Crippen molar-refractivity contribution >= 4 is 29.5 Å². The molecule has 0 unspecified atom stereocenters. The maximum Gasteiger partial charge on any atom is 0.303 e. The molecule has 1 fully saturated rings. The van der Waals surface area contributed by atoms with Gasteiger partial charge in [-0.1, -0.05) is 37.8 Å². The third-order valence-electron chi connectivity index (χ3n) is 3.63. The summed E-state index contributed by atoms with van der Waals surface area (Å²) < 4.78 is 5.33. The predicted octanol–water partition coefficient (Wildman–Crippen LogP) is 4.35. The summed E-state index contributed by atoms with van der Waals surface area (Å²) in [5.41, 5.74) is 2.32. The summed E-state index contributed by atoms with van der Waals surface area (Å²) in [6.45, 7) is 6.17. The van der Waals surface area contributed by atoms with Crippen molar-refractivity contribution < 1.29 is 9.53 Å². The standard InChI is InChI=1S/C18H22O2S2/c1-13(2)17-11-21-18(22-12-17)16-8-6-15(7-9-16)5-4-10-20-14(3)19/h6-9,13,17-18H,10-12H2,1-3H3/t17-,18-. The quantitative estimate of drug-likeness (QED) is 0.606. The molecule has 1 aliphatic rings. The minimum Gasteiger partial charge on any atom is -0.453 e. The fourth-order valence-corrected chi connectivity index (χ4v) is 5.65. The number of hydrogen-bond acceptors (Lipinski definition) is 4. The summed E-state index contributed by atoms with van der Waals surface area (Å²) in [5, 5.41) is 0. The van der Waals surface area contributed by atoms with Crippen LogP contribution in [0.5, 0.6) is 0 Å². The molecule has 0 aromatic heterocycles. The average molecular weight is 335 g/mol. The van der Waals surface area contributed by atoms with Crippen LogP contribution in [0, 0.1) is 23.7 Å². The molecule has 0 N–H and O–H groups in total. The van der Waals surface area contributed by atoms with Crippen molar-refractivity contribution in [1.82, 2.24) is 0 Å². The fourth-order valence-electron chi connectivity index (χ4n) is 2.10. The number of hydrogen-bond donors (Lipinski definition) is 0. The maximum absolute atomic E-state index is 10.6. The van der Waals surface area contributed by atoms with Crippen LogP contribution in [0.4, 0.5) is 0 Å². The Morgan fingerprint density at radius 3 is 2.45 bits per heavy atom. The van der Waals surface area contributed by atoms with Gasteiger partial charge in [0.05, 0.1) is 4.58 Å². The normalized spacial score (nSPS) is 21.1. The summed E-state index contributed by atoms with van der Waals surface area (Å²) in [6.07, 6.45) is 0. The molecule has 118 valence electrons. The SMILES string of the molecule is CC(=O)OCC#Cc1ccc([C@H]2SC[C@H](C(C)C)CS2)cc1. The van der Waals surface area contributed by atoms with E-state index in [-0.39, 0.29) is 12.6 Å². The first-order valence-electron chi connectivity index (χ1n) is 7.51. The van der Waals surface area contributed by atoms with Crippen LogP contribution in [0.3, 0.4) is 0 Å². The van der Waals surface area contributed by atoms with Crippen LogP contribution in [0.25, 0.3) is 0 Å². The maximum atomic E-state index is 10.6. The van der Waals surface area contributed by atoms with E-state index in [0.717, 1.165) is 17.4 Å². The number of carbonyl (C=O) groups excluding carboxylic acids is 1. The molecule has 22 heavy (non-hydrogen) atoms. The summed E-state index contributed by atoms with van der Waals surface area (Å²) >= 11 is 4.11. The highest BCUT2D eigenvalue weighted by molar-refractivity contribution is 8.16. The minimum atomic E-state index is -0.296. The summed E-state index contributed by atoms with van der Waals surface area (Å²) in [6, 6.07) is 8.42. The van der Waals surface area contributed by atoms with Gasteiger partial charge in [0.2, 0.25) is 0 Å². The Morgan fingerprint density at radius 2 is 1.91 bits per heavy atom. The molecule has 2 nitrogen and oxygen atoms in total. The van der Waals surface area contributed by atoms with E-state index >= 15 is 0 Å². The lowest BCUT2D eigenvalue weighted by molar-refractivity contribution is -0.139. The van der Waals surface area contributed by atoms with Crippen molar-refractivity contribution in [3.63, 3.8) is 0 Å². The van der Waals surface area contributed by atoms with Gasteiger partial charge in [0.15, 0.2) is 6.61 Å². The first kappa shape index (κ1) is 17.3. The van der Waals surface area contributed by atoms with E-state index in [1.807, 2.05) is 12.1 Å². The molecule has 1 aromatic carbocycles. The second-order valence-corrected chi connectivity index (χ2v) is 8.28. The zero-order chi connectivity index (χ0) is 15.9. The highest BCUT2D eigenvalue weighted by atomic mass is 32.2. The van der Waals surface area contributed by atoms with E-state index in [2.05, 4.69) is 61.3 Å². The van der Waals surface area contributed by atoms with Crippen LogP contribution in [0.15, 0.2) is 24.3 Å². The van der Waals surface area contributed by atoms with Crippen molar-refractivity contribution in [3.8, 4) is 11.8 Å². The topological polar surface area (TPSA) is 26.3 Å². The lowest BCUT2D eigenvalue weighted by Gasteiger charge is -2.30. The molecule has 1 heterocycles. The van der Waals surface area contributed by atoms with E-state index in [1.165, 1.54) is 24.0 Å². The third-order valence-corrected chi connectivity index (χ3v) is 6.84. The van der Waals surface area contributed by atoms with Gasteiger partial charge in [0.25, 0.3) is 0 Å². The molecular weight excluding hydrogens is 312 g/mol. The summed E-state index contributed by atoms with van der Waals surface area (Å²) in [7, 11) is 0. The van der Waals surface area contributed by atoms with Crippen molar-refractivity contribution in [3.05, 3.63) is 35.4 Å². The van der Waals surface area contributed by atoms with Gasteiger partial charge >= 0.3 is 5.97 Å². The first-order chi connectivity index (χ1) is 10.6. The van der Waals surface area contributed by atoms with Gasteiger partial charge in [0, 0.05) is 12.5 Å². The van der Waals surface area contributed by atoms with Crippen molar-refractivity contribution in [2.45, 2.75) is 25.4 Å². The van der Waals surface area contributed by atoms with E-state index in [0.29, 0.717) is 4.58 Å². The van der Waals surface area contributed by atoms with Crippen LogP contribution in [-0.2, 0) is 9.53 Å². The lowest BCUT2D eigenvalue weighted by atomic mass is 10.0. The van der Waals surface area contributed by atoms with Crippen LogP contribution in [0.1, 0.15) is 36.5 Å². The largest absolute Gasteiger partial charge is 0.453 e. The number of benzene rings is 1. The number of carbonyl (C=O) groups is 1. The Morgan fingerprint density at radius 1 is 1.27 bits per heavy atom. The Kier molecular flexibility index (Phi) is 6.72. The zero-order valence-electron chi connectivity index (χ0n) is 13.3. The summed E-state index contributed by atoms with van der Waals surface area (Å²) in [5.74, 6) is 9.67. The van der Waals surface area contributed by atoms with Crippen LogP contribution >= 0.6 is 23.5 Å². The Balaban J connectivity index is 1.88. The third kappa shape index (κ3) is 5.30. The average Bonchev–Trinajstić information content (AvgIpc) is 2.52. The fraction of sp³-hybridized carbons (Fsp3) is 0.500. The zero-order valence-corrected chi connectivity index (χ0v) is 14.9. The molecule has 4 heteroatoms. The van der Waals surface area contributed by atoms with Gasteiger partial charge in [0.1, 0.15) is 0 Å². The van der Waals surface area contributed by atoms with Gasteiger partial charge in [-0.15, -0.1) is 23.5 Å². The van der Waals surface area contributed by atoms with E-state index in [1.54, 1.807) is 0 Å². The van der Waals surface area contributed by atoms with Crippen LogP contribution < -0.4 is 0 Å². The molecule has 0 spiro atoms. The Hall–Kier alpha value is -1.05. The molecule has 0 bridgehead atoms. The van der Waals surface area contributed by atoms with Crippen molar-refractivity contribution in [1.29, 1.82) is 0 Å². The van der Waals surface area contributed by atoms with E-state index in [9.17, 15) is 4.79 Å². The van der Waals surface area contributed by atoms with E-state index < -0.39 is 0 Å². The van der Waals surface area contributed by atoms with Gasteiger partial charge in [-0.05, 0) is 41.0 Å². The smallest absolute Gasteiger partial charge is 0.303 e. The van der Waals surface area contributed by atoms with Crippen molar-refractivity contribution in [2.75, 3.05) is 18.1 Å². The minimum absolute atomic E-state index is 0.155. The van der Waals surface area contributed by atoms with Gasteiger partial charge in [-0.25, -0.2) is 0 Å². The van der Waals surface area contributed by atoms with Gasteiger partial charge in [-0.3, -0.25) is 4.79 Å². The van der Waals surface area contributed by atoms with Crippen LogP contribution in [0.2, 0.25) is 0 Å². The van der Waals surface area contributed by atoms with Crippen LogP contribution in [-0.4, -0.2) is 24.1 Å². The molecule has 0 aliphatic carbocycles. The Labute approximate surface area is 141 Å². The highest BCUT2D eigenvalue weighted by Gasteiger charge is 2.25. The predicted molar refractivity (Wildman–Crippen MR) is 95.9 cm³/mol. The Bertz CT molecular complexity index is 547. The van der Waals surface area contributed by atoms with Gasteiger partial charge in [-0.2, -0.15) is 0 Å². The number of thioether (sulfide) groups is 2. The van der Waals surface area contributed by atoms with Gasteiger partial charge < -0.3 is 4.74 Å². The second-order valence-electron chi connectivity index (χ2n) is 5.71. The van der Waals surface area contributed by atoms with E-state index in [4.69, 9.17) is 4.74 Å². The number of esters is 1. The molecule has 0 radical (unpaired) electrons.